The number of ether oxygens (including phenoxy) is 4. The number of hydrogen-bond donors (Lipinski definition) is 1. The molecule has 1 amide bonds. The fraction of sp³-hybridized carbons (Fsp3) is 0.310. The number of aliphatic carboxylic acids is 1. The number of amides is 1. The number of carbonyl (C=O) groups is 2. The molecule has 0 fully saturated rings. The molecule has 3 aromatic rings. The van der Waals surface area contributed by atoms with E-state index in [0.29, 0.717) is 35.4 Å². The maximum absolute atomic E-state index is 13.3. The van der Waals surface area contributed by atoms with Crippen LogP contribution in [0.4, 0.5) is 0 Å². The Morgan fingerprint density at radius 3 is 2.21 bits per heavy atom. The van der Waals surface area contributed by atoms with Crippen LogP contribution in [0.25, 0.3) is 0 Å². The largest absolute Gasteiger partial charge is 0.493 e. The number of halogens is 1. The van der Waals surface area contributed by atoms with Gasteiger partial charge in [-0.2, -0.15) is 0 Å². The Bertz CT molecular complexity index is 1200. The van der Waals surface area contributed by atoms with Crippen LogP contribution in [-0.2, 0) is 33.8 Å². The standard InChI is InChI=1S/C29H32ClNO7/c1-4-37-26(29(33)34)16-20-10-14-24(15-11-20)38-19-27(32)31(17-21-8-12-23(30)13-9-21)18-22-6-5-7-25(35-2)28(22)36-3/h5-15,26H,4,16-19H2,1-3H3,(H,33,34)/t26-/m0/s1. The van der Waals surface area contributed by atoms with Gasteiger partial charge in [0.2, 0.25) is 0 Å². The molecule has 3 rings (SSSR count). The number of benzene rings is 3. The fourth-order valence-corrected chi connectivity index (χ4v) is 4.04. The van der Waals surface area contributed by atoms with Crippen molar-refractivity contribution in [1.82, 2.24) is 4.90 Å². The first kappa shape index (κ1) is 28.8. The summed E-state index contributed by atoms with van der Waals surface area (Å²) < 4.78 is 22.0. The lowest BCUT2D eigenvalue weighted by molar-refractivity contribution is -0.150. The van der Waals surface area contributed by atoms with Gasteiger partial charge in [-0.05, 0) is 48.4 Å². The highest BCUT2D eigenvalue weighted by atomic mass is 35.5. The zero-order chi connectivity index (χ0) is 27.5. The van der Waals surface area contributed by atoms with Gasteiger partial charge in [0.05, 0.1) is 14.2 Å². The van der Waals surface area contributed by atoms with E-state index < -0.39 is 12.1 Å². The van der Waals surface area contributed by atoms with E-state index in [1.807, 2.05) is 24.3 Å². The minimum atomic E-state index is -1.01. The molecule has 8 nitrogen and oxygen atoms in total. The first-order valence-corrected chi connectivity index (χ1v) is 12.5. The van der Waals surface area contributed by atoms with Gasteiger partial charge in [0.15, 0.2) is 24.2 Å². The molecule has 0 aliphatic carbocycles. The van der Waals surface area contributed by atoms with Crippen molar-refractivity contribution in [2.45, 2.75) is 32.5 Å². The lowest BCUT2D eigenvalue weighted by Gasteiger charge is -2.24. The summed E-state index contributed by atoms with van der Waals surface area (Å²) in [7, 11) is 3.13. The summed E-state index contributed by atoms with van der Waals surface area (Å²) in [5, 5.41) is 9.91. The van der Waals surface area contributed by atoms with E-state index >= 15 is 0 Å². The second-order valence-corrected chi connectivity index (χ2v) is 8.88. The summed E-state index contributed by atoms with van der Waals surface area (Å²) in [4.78, 5) is 26.3. The monoisotopic (exact) mass is 541 g/mol. The van der Waals surface area contributed by atoms with E-state index in [1.165, 1.54) is 0 Å². The average Bonchev–Trinajstić information content (AvgIpc) is 2.92. The lowest BCUT2D eigenvalue weighted by atomic mass is 10.1. The van der Waals surface area contributed by atoms with Crippen LogP contribution < -0.4 is 14.2 Å². The molecule has 0 saturated carbocycles. The molecule has 3 aromatic carbocycles. The minimum Gasteiger partial charge on any atom is -0.493 e. The molecule has 0 bridgehead atoms. The van der Waals surface area contributed by atoms with Crippen LogP contribution in [0.2, 0.25) is 5.02 Å². The molecule has 0 heterocycles. The van der Waals surface area contributed by atoms with E-state index in [4.69, 9.17) is 30.5 Å². The summed E-state index contributed by atoms with van der Waals surface area (Å²) in [5.74, 6) is 0.403. The van der Waals surface area contributed by atoms with E-state index in [1.54, 1.807) is 68.5 Å². The van der Waals surface area contributed by atoms with Crippen LogP contribution in [0.5, 0.6) is 17.2 Å². The number of carboxylic acid groups (broad SMARTS) is 1. The summed E-state index contributed by atoms with van der Waals surface area (Å²) in [6, 6.07) is 19.8. The number of rotatable bonds is 14. The maximum atomic E-state index is 13.3. The highest BCUT2D eigenvalue weighted by molar-refractivity contribution is 6.30. The Kier molecular flexibility index (Phi) is 10.8. The number of para-hydroxylation sites is 1. The van der Waals surface area contributed by atoms with Crippen molar-refractivity contribution in [3.8, 4) is 17.2 Å². The second-order valence-electron chi connectivity index (χ2n) is 8.45. The van der Waals surface area contributed by atoms with Crippen LogP contribution in [0, 0.1) is 0 Å². The second kappa shape index (κ2) is 14.3. The highest BCUT2D eigenvalue weighted by Crippen LogP contribution is 2.32. The van der Waals surface area contributed by atoms with E-state index in [2.05, 4.69) is 0 Å². The number of carbonyl (C=O) groups excluding carboxylic acids is 1. The molecule has 1 N–H and O–H groups in total. The van der Waals surface area contributed by atoms with E-state index in [-0.39, 0.29) is 25.5 Å². The quantitative estimate of drug-likeness (QED) is 0.307. The van der Waals surface area contributed by atoms with Crippen molar-refractivity contribution in [1.29, 1.82) is 0 Å². The van der Waals surface area contributed by atoms with E-state index in [9.17, 15) is 14.7 Å². The molecule has 0 saturated heterocycles. The number of hydrogen-bond acceptors (Lipinski definition) is 6. The summed E-state index contributed by atoms with van der Waals surface area (Å²) in [5.41, 5.74) is 2.50. The molecule has 0 radical (unpaired) electrons. The number of carboxylic acids is 1. The minimum absolute atomic E-state index is 0.185. The Balaban J connectivity index is 1.72. The molecule has 0 aliphatic heterocycles. The molecular weight excluding hydrogens is 510 g/mol. The Morgan fingerprint density at radius 2 is 1.61 bits per heavy atom. The predicted octanol–water partition coefficient (Wildman–Crippen LogP) is 5.00. The van der Waals surface area contributed by atoms with Crippen molar-refractivity contribution in [3.05, 3.63) is 88.4 Å². The zero-order valence-corrected chi connectivity index (χ0v) is 22.4. The molecule has 0 spiro atoms. The van der Waals surface area contributed by atoms with Gasteiger partial charge >= 0.3 is 5.97 Å². The van der Waals surface area contributed by atoms with Crippen molar-refractivity contribution >= 4 is 23.5 Å². The first-order chi connectivity index (χ1) is 18.3. The molecular formula is C29H32ClNO7. The fourth-order valence-electron chi connectivity index (χ4n) is 3.92. The van der Waals surface area contributed by atoms with Crippen LogP contribution in [-0.4, -0.2) is 55.4 Å². The number of nitrogens with zero attached hydrogens (tertiary/aromatic N) is 1. The van der Waals surface area contributed by atoms with Crippen molar-refractivity contribution in [2.75, 3.05) is 27.4 Å². The van der Waals surface area contributed by atoms with Gasteiger partial charge in [-0.25, -0.2) is 4.79 Å². The third kappa shape index (κ3) is 8.13. The molecule has 0 unspecified atom stereocenters. The van der Waals surface area contributed by atoms with Crippen LogP contribution >= 0.6 is 11.6 Å². The van der Waals surface area contributed by atoms with Crippen molar-refractivity contribution in [2.24, 2.45) is 0 Å². The van der Waals surface area contributed by atoms with Crippen LogP contribution in [0.1, 0.15) is 23.6 Å². The molecule has 9 heteroatoms. The van der Waals surface area contributed by atoms with Gasteiger partial charge < -0.3 is 29.0 Å². The van der Waals surface area contributed by atoms with Crippen LogP contribution in [0.3, 0.4) is 0 Å². The van der Waals surface area contributed by atoms with Crippen molar-refractivity contribution in [3.63, 3.8) is 0 Å². The Labute approximate surface area is 227 Å². The number of methoxy groups -OCH3 is 2. The van der Waals surface area contributed by atoms with Gasteiger partial charge in [-0.3, -0.25) is 4.79 Å². The molecule has 202 valence electrons. The summed E-state index contributed by atoms with van der Waals surface area (Å²) in [6.07, 6.45) is -0.678. The van der Waals surface area contributed by atoms with Gasteiger partial charge in [0.1, 0.15) is 5.75 Å². The third-order valence-electron chi connectivity index (χ3n) is 5.84. The SMILES string of the molecule is CCO[C@@H](Cc1ccc(OCC(=O)N(Cc2ccc(Cl)cc2)Cc2cccc(OC)c2OC)cc1)C(=O)O. The molecule has 0 aromatic heterocycles. The van der Waals surface area contributed by atoms with Gasteiger partial charge in [0, 0.05) is 36.7 Å². The smallest absolute Gasteiger partial charge is 0.333 e. The first-order valence-electron chi connectivity index (χ1n) is 12.1. The summed E-state index contributed by atoms with van der Waals surface area (Å²) >= 11 is 6.03. The molecule has 0 aliphatic rings. The normalized spacial score (nSPS) is 11.5. The maximum Gasteiger partial charge on any atom is 0.333 e. The predicted molar refractivity (Wildman–Crippen MR) is 144 cm³/mol. The topological polar surface area (TPSA) is 94.5 Å². The molecule has 38 heavy (non-hydrogen) atoms. The third-order valence-corrected chi connectivity index (χ3v) is 6.09. The Morgan fingerprint density at radius 1 is 0.921 bits per heavy atom. The van der Waals surface area contributed by atoms with Gasteiger partial charge in [0.25, 0.3) is 5.91 Å². The Hall–Kier alpha value is -3.75. The summed E-state index contributed by atoms with van der Waals surface area (Å²) in [6.45, 7) is 2.50. The lowest BCUT2D eigenvalue weighted by Crippen LogP contribution is -2.34. The van der Waals surface area contributed by atoms with Crippen LogP contribution in [0.15, 0.2) is 66.7 Å². The van der Waals surface area contributed by atoms with Gasteiger partial charge in [-0.15, -0.1) is 0 Å². The van der Waals surface area contributed by atoms with Crippen molar-refractivity contribution < 1.29 is 33.6 Å². The highest BCUT2D eigenvalue weighted by Gasteiger charge is 2.20. The van der Waals surface area contributed by atoms with E-state index in [0.717, 1.165) is 16.7 Å². The average molecular weight is 542 g/mol. The van der Waals surface area contributed by atoms with Gasteiger partial charge in [-0.1, -0.05) is 48.0 Å². The zero-order valence-electron chi connectivity index (χ0n) is 21.7. The molecule has 1 atom stereocenters.